The zero-order valence-electron chi connectivity index (χ0n) is 12.0. The Morgan fingerprint density at radius 3 is 2.57 bits per heavy atom. The second-order valence-corrected chi connectivity index (χ2v) is 5.81. The fourth-order valence-corrected chi connectivity index (χ4v) is 2.59. The molecule has 2 rings (SSSR count). The molecule has 0 radical (unpaired) electrons. The van der Waals surface area contributed by atoms with Crippen LogP contribution in [0.1, 0.15) is 35.0 Å². The van der Waals surface area contributed by atoms with Crippen LogP contribution in [0.2, 0.25) is 0 Å². The summed E-state index contributed by atoms with van der Waals surface area (Å²) in [5.41, 5.74) is 2.54. The van der Waals surface area contributed by atoms with Gasteiger partial charge in [0, 0.05) is 23.8 Å². The van der Waals surface area contributed by atoms with Gasteiger partial charge in [-0.2, -0.15) is 0 Å². The predicted octanol–water partition coefficient (Wildman–Crippen LogP) is 3.08. The summed E-state index contributed by atoms with van der Waals surface area (Å²) in [4.78, 5) is 12.3. The van der Waals surface area contributed by atoms with Crippen molar-refractivity contribution in [3.8, 4) is 0 Å². The van der Waals surface area contributed by atoms with Crippen LogP contribution in [0.5, 0.6) is 0 Å². The largest absolute Gasteiger partial charge is 0.392 e. The Labute approximate surface area is 132 Å². The third-order valence-electron chi connectivity index (χ3n) is 3.22. The van der Waals surface area contributed by atoms with E-state index in [-0.39, 0.29) is 12.5 Å². The molecule has 0 bridgehead atoms. The van der Waals surface area contributed by atoms with E-state index in [1.54, 1.807) is 0 Å². The van der Waals surface area contributed by atoms with E-state index in [0.717, 1.165) is 28.6 Å². The van der Waals surface area contributed by atoms with E-state index in [1.807, 2.05) is 41.1 Å². The van der Waals surface area contributed by atoms with Gasteiger partial charge in [-0.15, -0.1) is 0 Å². The first-order valence-corrected chi connectivity index (χ1v) is 7.76. The molecule has 1 aromatic heterocycles. The molecule has 2 aromatic rings. The smallest absolute Gasteiger partial charge is 0.268 e. The fourth-order valence-electron chi connectivity index (χ4n) is 2.13. The number of halogens is 1. The average Bonchev–Trinajstić information content (AvgIpc) is 2.86. The predicted molar refractivity (Wildman–Crippen MR) is 86.0 cm³/mol. The minimum atomic E-state index is -0.0830. The van der Waals surface area contributed by atoms with Crippen molar-refractivity contribution in [3.63, 3.8) is 0 Å². The maximum Gasteiger partial charge on any atom is 0.268 e. The number of carbonyl (C=O) groups is 1. The lowest BCUT2D eigenvalue weighted by molar-refractivity contribution is 0.0941. The lowest BCUT2D eigenvalue weighted by Gasteiger charge is -2.09. The molecular formula is C16H19BrN2O2. The van der Waals surface area contributed by atoms with Gasteiger partial charge in [0.05, 0.1) is 6.61 Å². The molecule has 0 aliphatic carbocycles. The molecule has 1 heterocycles. The number of carbonyl (C=O) groups excluding carboxylic acids is 1. The summed E-state index contributed by atoms with van der Waals surface area (Å²) in [6.07, 6.45) is 2.90. The summed E-state index contributed by atoms with van der Waals surface area (Å²) in [5, 5.41) is 11.9. The summed E-state index contributed by atoms with van der Waals surface area (Å²) in [5.74, 6) is -0.0830. The minimum absolute atomic E-state index is 0.0329. The number of aliphatic hydroxyl groups excluding tert-OH is 1. The van der Waals surface area contributed by atoms with E-state index in [4.69, 9.17) is 5.11 Å². The second kappa shape index (κ2) is 7.43. The summed E-state index contributed by atoms with van der Waals surface area (Å²) in [7, 11) is 0. The van der Waals surface area contributed by atoms with Crippen LogP contribution < -0.4 is 5.32 Å². The van der Waals surface area contributed by atoms with Crippen LogP contribution >= 0.6 is 15.9 Å². The number of aliphatic hydroxyl groups is 1. The van der Waals surface area contributed by atoms with Gasteiger partial charge in [-0.1, -0.05) is 31.2 Å². The molecule has 2 N–H and O–H groups in total. The van der Waals surface area contributed by atoms with Crippen molar-refractivity contribution in [1.82, 2.24) is 9.88 Å². The van der Waals surface area contributed by atoms with Crippen molar-refractivity contribution in [1.29, 1.82) is 0 Å². The number of hydrogen-bond donors (Lipinski definition) is 2. The Hall–Kier alpha value is -1.59. The molecular weight excluding hydrogens is 332 g/mol. The molecule has 0 saturated carbocycles. The molecule has 4 nitrogen and oxygen atoms in total. The van der Waals surface area contributed by atoms with Crippen LogP contribution in [0.3, 0.4) is 0 Å². The molecule has 0 spiro atoms. The number of amides is 1. The Kier molecular flexibility index (Phi) is 5.59. The third-order valence-corrected chi connectivity index (χ3v) is 3.65. The molecule has 0 fully saturated rings. The number of aryl methyl sites for hydroxylation is 1. The van der Waals surface area contributed by atoms with E-state index in [1.165, 1.54) is 0 Å². The van der Waals surface area contributed by atoms with E-state index in [9.17, 15) is 4.79 Å². The average molecular weight is 351 g/mol. The number of hydrogen-bond acceptors (Lipinski definition) is 2. The van der Waals surface area contributed by atoms with Crippen molar-refractivity contribution in [2.45, 2.75) is 33.0 Å². The highest BCUT2D eigenvalue weighted by molar-refractivity contribution is 9.10. The van der Waals surface area contributed by atoms with Crippen LogP contribution in [-0.2, 0) is 19.7 Å². The van der Waals surface area contributed by atoms with E-state index in [0.29, 0.717) is 12.2 Å². The Morgan fingerprint density at radius 2 is 1.95 bits per heavy atom. The van der Waals surface area contributed by atoms with Crippen molar-refractivity contribution >= 4 is 21.8 Å². The standard InChI is InChI=1S/C16H19BrN2O2/c1-2-7-19-10-14(17)8-15(19)16(21)18-9-12-3-5-13(11-20)6-4-12/h3-6,8,10,20H,2,7,9,11H2,1H3,(H,18,21). The topological polar surface area (TPSA) is 54.3 Å². The fraction of sp³-hybridized carbons (Fsp3) is 0.312. The summed E-state index contributed by atoms with van der Waals surface area (Å²) in [6.45, 7) is 3.41. The van der Waals surface area contributed by atoms with Gasteiger partial charge in [-0.25, -0.2) is 0 Å². The molecule has 5 heteroatoms. The maximum absolute atomic E-state index is 12.3. The normalized spacial score (nSPS) is 10.6. The second-order valence-electron chi connectivity index (χ2n) is 4.89. The lowest BCUT2D eigenvalue weighted by Crippen LogP contribution is -2.25. The van der Waals surface area contributed by atoms with E-state index in [2.05, 4.69) is 28.2 Å². The SMILES string of the molecule is CCCn1cc(Br)cc1C(=O)NCc1ccc(CO)cc1. The van der Waals surface area contributed by atoms with Gasteiger partial charge in [-0.05, 0) is 39.5 Å². The first-order chi connectivity index (χ1) is 10.1. The minimum Gasteiger partial charge on any atom is -0.392 e. The molecule has 0 saturated heterocycles. The Bertz CT molecular complexity index is 605. The summed E-state index contributed by atoms with van der Waals surface area (Å²) < 4.78 is 2.86. The van der Waals surface area contributed by atoms with Gasteiger partial charge in [0.25, 0.3) is 5.91 Å². The summed E-state index contributed by atoms with van der Waals surface area (Å²) in [6, 6.07) is 9.37. The van der Waals surface area contributed by atoms with Crippen LogP contribution in [-0.4, -0.2) is 15.6 Å². The van der Waals surface area contributed by atoms with Gasteiger partial charge in [0.2, 0.25) is 0 Å². The van der Waals surface area contributed by atoms with Gasteiger partial charge in [0.15, 0.2) is 0 Å². The number of nitrogens with zero attached hydrogens (tertiary/aromatic N) is 1. The lowest BCUT2D eigenvalue weighted by atomic mass is 10.1. The molecule has 0 unspecified atom stereocenters. The van der Waals surface area contributed by atoms with Crippen molar-refractivity contribution in [3.05, 3.63) is 57.8 Å². The summed E-state index contributed by atoms with van der Waals surface area (Å²) >= 11 is 3.41. The van der Waals surface area contributed by atoms with Crippen molar-refractivity contribution < 1.29 is 9.90 Å². The van der Waals surface area contributed by atoms with Gasteiger partial charge < -0.3 is 15.0 Å². The maximum atomic E-state index is 12.3. The Balaban J connectivity index is 2.00. The van der Waals surface area contributed by atoms with Crippen LogP contribution in [0.15, 0.2) is 41.0 Å². The molecule has 1 amide bonds. The van der Waals surface area contributed by atoms with Gasteiger partial charge >= 0.3 is 0 Å². The van der Waals surface area contributed by atoms with E-state index < -0.39 is 0 Å². The number of nitrogens with one attached hydrogen (secondary N) is 1. The number of rotatable bonds is 6. The highest BCUT2D eigenvalue weighted by atomic mass is 79.9. The van der Waals surface area contributed by atoms with Crippen molar-refractivity contribution in [2.75, 3.05) is 0 Å². The Morgan fingerprint density at radius 1 is 1.29 bits per heavy atom. The third kappa shape index (κ3) is 4.19. The molecule has 112 valence electrons. The molecule has 0 atom stereocenters. The van der Waals surface area contributed by atoms with Crippen LogP contribution in [0, 0.1) is 0 Å². The molecule has 0 aliphatic rings. The van der Waals surface area contributed by atoms with Gasteiger partial charge in [-0.3, -0.25) is 4.79 Å². The number of benzene rings is 1. The first kappa shape index (κ1) is 15.8. The number of aromatic nitrogens is 1. The van der Waals surface area contributed by atoms with Gasteiger partial charge in [0.1, 0.15) is 5.69 Å². The zero-order valence-corrected chi connectivity index (χ0v) is 13.6. The van der Waals surface area contributed by atoms with Crippen molar-refractivity contribution in [2.24, 2.45) is 0 Å². The first-order valence-electron chi connectivity index (χ1n) is 6.96. The molecule has 0 aliphatic heterocycles. The highest BCUT2D eigenvalue weighted by Crippen LogP contribution is 2.15. The quantitative estimate of drug-likeness (QED) is 0.840. The molecule has 1 aromatic carbocycles. The highest BCUT2D eigenvalue weighted by Gasteiger charge is 2.12. The van der Waals surface area contributed by atoms with Crippen LogP contribution in [0.25, 0.3) is 0 Å². The zero-order chi connectivity index (χ0) is 15.2. The molecule has 21 heavy (non-hydrogen) atoms. The monoisotopic (exact) mass is 350 g/mol. The van der Waals surface area contributed by atoms with Crippen LogP contribution in [0.4, 0.5) is 0 Å². The van der Waals surface area contributed by atoms with E-state index >= 15 is 0 Å².